The molecule has 82 valence electrons. The second-order valence-corrected chi connectivity index (χ2v) is 3.97. The minimum Gasteiger partial charge on any atom is -0.447 e. The lowest BCUT2D eigenvalue weighted by atomic mass is 9.94. The highest BCUT2D eigenvalue weighted by atomic mass is 16.6. The second-order valence-electron chi connectivity index (χ2n) is 3.97. The molecule has 0 unspecified atom stereocenters. The van der Waals surface area contributed by atoms with Crippen LogP contribution in [-0.2, 0) is 9.53 Å². The Kier molecular flexibility index (Phi) is 3.04. The van der Waals surface area contributed by atoms with Crippen molar-refractivity contribution in [1.82, 2.24) is 4.90 Å². The van der Waals surface area contributed by atoms with Crippen molar-refractivity contribution in [3.8, 4) is 0 Å². The van der Waals surface area contributed by atoms with Crippen molar-refractivity contribution < 1.29 is 14.3 Å². The molecule has 0 radical (unpaired) electrons. The number of carbonyl (C=O) groups is 2. The number of allylic oxidation sites excluding steroid dienone is 1. The number of carbonyl (C=O) groups excluding carboxylic acids is 2. The first-order valence-electron chi connectivity index (χ1n) is 5.45. The van der Waals surface area contributed by atoms with Crippen LogP contribution in [0.5, 0.6) is 0 Å². The second kappa shape index (κ2) is 4.47. The molecule has 2 fully saturated rings. The van der Waals surface area contributed by atoms with Crippen molar-refractivity contribution in [2.45, 2.75) is 32.1 Å². The van der Waals surface area contributed by atoms with Crippen molar-refractivity contribution in [1.29, 1.82) is 0 Å². The topological polar surface area (TPSA) is 46.6 Å². The third-order valence-electron chi connectivity index (χ3n) is 2.85. The van der Waals surface area contributed by atoms with Gasteiger partial charge in [0.2, 0.25) is 0 Å². The van der Waals surface area contributed by atoms with Crippen LogP contribution in [0.4, 0.5) is 4.79 Å². The van der Waals surface area contributed by atoms with E-state index >= 15 is 0 Å². The van der Waals surface area contributed by atoms with Crippen molar-refractivity contribution in [2.24, 2.45) is 0 Å². The summed E-state index contributed by atoms with van der Waals surface area (Å²) < 4.78 is 4.71. The van der Waals surface area contributed by atoms with Gasteiger partial charge in [-0.2, -0.15) is 0 Å². The molecule has 0 N–H and O–H groups in total. The molecule has 1 saturated carbocycles. The lowest BCUT2D eigenvalue weighted by Crippen LogP contribution is -2.30. The molecule has 1 aliphatic carbocycles. The zero-order chi connectivity index (χ0) is 10.7. The van der Waals surface area contributed by atoms with Gasteiger partial charge < -0.3 is 4.74 Å². The van der Waals surface area contributed by atoms with Crippen molar-refractivity contribution in [3.63, 3.8) is 0 Å². The molecule has 15 heavy (non-hydrogen) atoms. The molecular formula is C11H15NO3. The molecule has 2 aliphatic rings. The summed E-state index contributed by atoms with van der Waals surface area (Å²) in [6.07, 6.45) is 6.66. The summed E-state index contributed by atoms with van der Waals surface area (Å²) in [5.41, 5.74) is 1.17. The molecule has 2 amide bonds. The molecule has 0 aromatic heterocycles. The number of amides is 2. The van der Waals surface area contributed by atoms with Crippen LogP contribution < -0.4 is 0 Å². The van der Waals surface area contributed by atoms with Crippen molar-refractivity contribution in [3.05, 3.63) is 11.6 Å². The maximum absolute atomic E-state index is 11.7. The largest absolute Gasteiger partial charge is 0.447 e. The van der Waals surface area contributed by atoms with Crippen LogP contribution in [-0.4, -0.2) is 30.1 Å². The van der Waals surface area contributed by atoms with E-state index in [-0.39, 0.29) is 5.91 Å². The molecule has 1 heterocycles. The summed E-state index contributed by atoms with van der Waals surface area (Å²) in [5.74, 6) is -0.214. The third-order valence-corrected chi connectivity index (χ3v) is 2.85. The van der Waals surface area contributed by atoms with E-state index in [0.29, 0.717) is 13.2 Å². The Morgan fingerprint density at radius 1 is 1.27 bits per heavy atom. The SMILES string of the molecule is O=C(C=C1CCCCC1)N1CCOC1=O. The molecule has 2 rings (SSSR count). The minimum absolute atomic E-state index is 0.214. The molecule has 1 saturated heterocycles. The predicted molar refractivity (Wildman–Crippen MR) is 54.2 cm³/mol. The van der Waals surface area contributed by atoms with Crippen molar-refractivity contribution in [2.75, 3.05) is 13.2 Å². The molecule has 0 aromatic rings. The molecule has 0 spiro atoms. The van der Waals surface area contributed by atoms with E-state index in [4.69, 9.17) is 4.74 Å². The number of cyclic esters (lactones) is 1. The zero-order valence-corrected chi connectivity index (χ0v) is 8.70. The third kappa shape index (κ3) is 2.37. The lowest BCUT2D eigenvalue weighted by Gasteiger charge is -2.14. The fraction of sp³-hybridized carbons (Fsp3) is 0.636. The highest BCUT2D eigenvalue weighted by Gasteiger charge is 2.27. The first-order chi connectivity index (χ1) is 7.27. The smallest absolute Gasteiger partial charge is 0.416 e. The Morgan fingerprint density at radius 3 is 2.60 bits per heavy atom. The summed E-state index contributed by atoms with van der Waals surface area (Å²) in [6, 6.07) is 0. The van der Waals surface area contributed by atoms with Gasteiger partial charge in [-0.1, -0.05) is 12.0 Å². The van der Waals surface area contributed by atoms with Crippen LogP contribution in [0.25, 0.3) is 0 Å². The monoisotopic (exact) mass is 209 g/mol. The van der Waals surface area contributed by atoms with E-state index in [1.807, 2.05) is 0 Å². The Hall–Kier alpha value is -1.32. The number of nitrogens with zero attached hydrogens (tertiary/aromatic N) is 1. The summed E-state index contributed by atoms with van der Waals surface area (Å²) >= 11 is 0. The van der Waals surface area contributed by atoms with Gasteiger partial charge >= 0.3 is 6.09 Å². The van der Waals surface area contributed by atoms with E-state index in [2.05, 4.69) is 0 Å². The Morgan fingerprint density at radius 2 is 2.00 bits per heavy atom. The van der Waals surface area contributed by atoms with Gasteiger partial charge in [-0.15, -0.1) is 0 Å². The fourth-order valence-corrected chi connectivity index (χ4v) is 2.00. The van der Waals surface area contributed by atoms with E-state index in [0.717, 1.165) is 25.7 Å². The van der Waals surface area contributed by atoms with Gasteiger partial charge in [0.05, 0.1) is 6.54 Å². The predicted octanol–water partition coefficient (Wildman–Crippen LogP) is 1.86. The van der Waals surface area contributed by atoms with Gasteiger partial charge in [-0.3, -0.25) is 4.79 Å². The Labute approximate surface area is 88.9 Å². The van der Waals surface area contributed by atoms with Gasteiger partial charge in [0.1, 0.15) is 6.61 Å². The summed E-state index contributed by atoms with van der Waals surface area (Å²) in [7, 11) is 0. The molecule has 4 nitrogen and oxygen atoms in total. The lowest BCUT2D eigenvalue weighted by molar-refractivity contribution is -0.122. The van der Waals surface area contributed by atoms with Gasteiger partial charge in [0.25, 0.3) is 5.91 Å². The van der Waals surface area contributed by atoms with Crippen LogP contribution in [0.15, 0.2) is 11.6 Å². The van der Waals surface area contributed by atoms with Crippen LogP contribution in [0.2, 0.25) is 0 Å². The molecular weight excluding hydrogens is 194 g/mol. The average Bonchev–Trinajstić information content (AvgIpc) is 2.66. The van der Waals surface area contributed by atoms with Gasteiger partial charge in [0, 0.05) is 6.08 Å². The van der Waals surface area contributed by atoms with E-state index in [1.54, 1.807) is 6.08 Å². The fourth-order valence-electron chi connectivity index (χ4n) is 2.00. The van der Waals surface area contributed by atoms with Crippen LogP contribution in [0.3, 0.4) is 0 Å². The van der Waals surface area contributed by atoms with Crippen LogP contribution in [0, 0.1) is 0 Å². The summed E-state index contributed by atoms with van der Waals surface area (Å²) in [5, 5.41) is 0. The normalized spacial score (nSPS) is 21.5. The number of hydrogen-bond acceptors (Lipinski definition) is 3. The Bertz CT molecular complexity index is 301. The number of imide groups is 1. The van der Waals surface area contributed by atoms with Crippen molar-refractivity contribution >= 4 is 12.0 Å². The van der Waals surface area contributed by atoms with Gasteiger partial charge in [-0.05, 0) is 25.7 Å². The van der Waals surface area contributed by atoms with Crippen LogP contribution >= 0.6 is 0 Å². The highest BCUT2D eigenvalue weighted by Crippen LogP contribution is 2.23. The highest BCUT2D eigenvalue weighted by molar-refractivity contribution is 5.99. The number of rotatable bonds is 1. The van der Waals surface area contributed by atoms with Gasteiger partial charge in [0.15, 0.2) is 0 Å². The molecule has 4 heteroatoms. The number of ether oxygens (including phenoxy) is 1. The number of hydrogen-bond donors (Lipinski definition) is 0. The molecule has 1 aliphatic heterocycles. The van der Waals surface area contributed by atoms with E-state index < -0.39 is 6.09 Å². The molecule has 0 bridgehead atoms. The standard InChI is InChI=1S/C11H15NO3/c13-10(12-6-7-15-11(12)14)8-9-4-2-1-3-5-9/h8H,1-7H2. The maximum Gasteiger partial charge on any atom is 0.416 e. The first-order valence-corrected chi connectivity index (χ1v) is 5.45. The first kappa shape index (κ1) is 10.2. The quantitative estimate of drug-likeness (QED) is 0.619. The minimum atomic E-state index is -0.507. The zero-order valence-electron chi connectivity index (χ0n) is 8.70. The Balaban J connectivity index is 1.98. The maximum atomic E-state index is 11.7. The molecule has 0 atom stereocenters. The average molecular weight is 209 g/mol. The van der Waals surface area contributed by atoms with E-state index in [9.17, 15) is 9.59 Å². The summed E-state index contributed by atoms with van der Waals surface area (Å²) in [4.78, 5) is 24.0. The van der Waals surface area contributed by atoms with E-state index in [1.165, 1.54) is 16.9 Å². The van der Waals surface area contributed by atoms with Crippen LogP contribution in [0.1, 0.15) is 32.1 Å². The van der Waals surface area contributed by atoms with Gasteiger partial charge in [-0.25, -0.2) is 9.69 Å². The molecule has 0 aromatic carbocycles. The summed E-state index contributed by atoms with van der Waals surface area (Å²) in [6.45, 7) is 0.717.